The van der Waals surface area contributed by atoms with Crippen molar-refractivity contribution in [3.8, 4) is 6.07 Å². The van der Waals surface area contributed by atoms with Crippen molar-refractivity contribution in [3.63, 3.8) is 0 Å². The Morgan fingerprint density at radius 3 is 2.61 bits per heavy atom. The summed E-state index contributed by atoms with van der Waals surface area (Å²) in [5.74, 6) is -0.0147. The number of carbonyl (C=O) groups is 1. The summed E-state index contributed by atoms with van der Waals surface area (Å²) in [5.41, 5.74) is 4.24. The molecule has 0 saturated heterocycles. The zero-order valence-electron chi connectivity index (χ0n) is 14.0. The van der Waals surface area contributed by atoms with Crippen molar-refractivity contribution in [1.29, 1.82) is 5.26 Å². The second-order valence-electron chi connectivity index (χ2n) is 6.27. The van der Waals surface area contributed by atoms with E-state index in [1.54, 1.807) is 23.9 Å². The highest BCUT2D eigenvalue weighted by Crippen LogP contribution is 2.31. The van der Waals surface area contributed by atoms with Gasteiger partial charge in [-0.3, -0.25) is 9.48 Å². The lowest BCUT2D eigenvalue weighted by Crippen LogP contribution is -2.34. The zero-order valence-corrected chi connectivity index (χ0v) is 14.0. The summed E-state index contributed by atoms with van der Waals surface area (Å²) in [4.78, 5) is 14.9. The van der Waals surface area contributed by atoms with E-state index in [-0.39, 0.29) is 5.91 Å². The van der Waals surface area contributed by atoms with Gasteiger partial charge >= 0.3 is 0 Å². The number of nitriles is 1. The Balaban J connectivity index is 1.91. The van der Waals surface area contributed by atoms with Crippen LogP contribution in [0.5, 0.6) is 0 Å². The molecule has 0 bridgehead atoms. The Labute approximate surface area is 135 Å². The van der Waals surface area contributed by atoms with Gasteiger partial charge in [-0.2, -0.15) is 10.4 Å². The van der Waals surface area contributed by atoms with E-state index in [1.165, 1.54) is 0 Å². The molecule has 0 spiro atoms. The lowest BCUT2D eigenvalue weighted by molar-refractivity contribution is 0.0719. The van der Waals surface area contributed by atoms with Crippen molar-refractivity contribution in [2.45, 2.75) is 39.3 Å². The molecule has 1 aliphatic rings. The third-order valence-electron chi connectivity index (χ3n) is 4.59. The van der Waals surface area contributed by atoms with Crippen LogP contribution in [0.4, 0.5) is 0 Å². The van der Waals surface area contributed by atoms with Crippen LogP contribution >= 0.6 is 0 Å². The normalized spacial score (nSPS) is 13.9. The van der Waals surface area contributed by atoms with Crippen LogP contribution in [0.3, 0.4) is 0 Å². The Kier molecular flexibility index (Phi) is 3.72. The number of hydrogen-bond donors (Lipinski definition) is 0. The van der Waals surface area contributed by atoms with Gasteiger partial charge in [0.15, 0.2) is 0 Å². The molecule has 120 valence electrons. The average Bonchev–Trinajstić information content (AvgIpc) is 3.23. The van der Waals surface area contributed by atoms with Gasteiger partial charge in [-0.15, -0.1) is 0 Å². The smallest absolute Gasteiger partial charge is 0.271 e. The molecule has 6 nitrogen and oxygen atoms in total. The van der Waals surface area contributed by atoms with Gasteiger partial charge in [-0.25, -0.2) is 0 Å². The SMILES string of the molecule is Cc1nn(C)c(C)c1CN(C(=O)c1cc(C#N)cn1C)C1CC1. The molecular weight excluding hydrogens is 290 g/mol. The highest BCUT2D eigenvalue weighted by atomic mass is 16.2. The van der Waals surface area contributed by atoms with E-state index >= 15 is 0 Å². The summed E-state index contributed by atoms with van der Waals surface area (Å²) in [7, 11) is 3.73. The Hall–Kier alpha value is -2.55. The third-order valence-corrected chi connectivity index (χ3v) is 4.59. The fourth-order valence-electron chi connectivity index (χ4n) is 2.96. The fraction of sp³-hybridized carbons (Fsp3) is 0.471. The Morgan fingerprint density at radius 1 is 1.43 bits per heavy atom. The molecule has 2 aromatic heterocycles. The first-order valence-electron chi connectivity index (χ1n) is 7.79. The second-order valence-corrected chi connectivity index (χ2v) is 6.27. The van der Waals surface area contributed by atoms with E-state index in [0.29, 0.717) is 23.8 Å². The highest BCUT2D eigenvalue weighted by Gasteiger charge is 2.35. The summed E-state index contributed by atoms with van der Waals surface area (Å²) in [6, 6.07) is 4.05. The first kappa shape index (κ1) is 15.3. The molecule has 0 radical (unpaired) electrons. The number of carbonyl (C=O) groups excluding carboxylic acids is 1. The van der Waals surface area contributed by atoms with Crippen molar-refractivity contribution in [2.24, 2.45) is 14.1 Å². The molecule has 23 heavy (non-hydrogen) atoms. The number of amides is 1. The number of nitrogens with zero attached hydrogens (tertiary/aromatic N) is 5. The minimum atomic E-state index is -0.0147. The molecule has 0 atom stereocenters. The van der Waals surface area contributed by atoms with Crippen LogP contribution in [0.2, 0.25) is 0 Å². The van der Waals surface area contributed by atoms with E-state index in [2.05, 4.69) is 11.2 Å². The van der Waals surface area contributed by atoms with Crippen LogP contribution in [0.15, 0.2) is 12.3 Å². The molecule has 0 unspecified atom stereocenters. The van der Waals surface area contributed by atoms with Crippen molar-refractivity contribution < 1.29 is 4.79 Å². The minimum absolute atomic E-state index is 0.0147. The first-order chi connectivity index (χ1) is 10.9. The Bertz CT molecular complexity index is 804. The number of aryl methyl sites for hydroxylation is 3. The number of aromatic nitrogens is 3. The molecule has 1 amide bonds. The van der Waals surface area contributed by atoms with Gasteiger partial charge in [-0.1, -0.05) is 0 Å². The molecule has 6 heteroatoms. The van der Waals surface area contributed by atoms with E-state index in [1.807, 2.05) is 30.5 Å². The summed E-state index contributed by atoms with van der Waals surface area (Å²) in [6.45, 7) is 4.58. The molecule has 0 aliphatic heterocycles. The van der Waals surface area contributed by atoms with Gasteiger partial charge in [0, 0.05) is 44.1 Å². The fourth-order valence-corrected chi connectivity index (χ4v) is 2.96. The van der Waals surface area contributed by atoms with Crippen LogP contribution in [0.25, 0.3) is 0 Å². The molecular formula is C17H21N5O. The predicted octanol–water partition coefficient (Wildman–Crippen LogP) is 2.05. The standard InChI is InChI=1S/C17H21N5O/c1-11-15(12(2)21(4)19-11)10-22(14-5-6-14)17(23)16-7-13(8-18)9-20(16)3/h7,9,14H,5-6,10H2,1-4H3. The van der Waals surface area contributed by atoms with Crippen LogP contribution in [-0.4, -0.2) is 31.2 Å². The van der Waals surface area contributed by atoms with Crippen molar-refractivity contribution in [2.75, 3.05) is 0 Å². The monoisotopic (exact) mass is 311 g/mol. The van der Waals surface area contributed by atoms with Crippen LogP contribution < -0.4 is 0 Å². The first-order valence-corrected chi connectivity index (χ1v) is 7.79. The summed E-state index contributed by atoms with van der Waals surface area (Å²) < 4.78 is 3.59. The van der Waals surface area contributed by atoms with Crippen LogP contribution in [0.1, 0.15) is 45.8 Å². The van der Waals surface area contributed by atoms with Crippen LogP contribution in [-0.2, 0) is 20.6 Å². The molecule has 1 aliphatic carbocycles. The van der Waals surface area contributed by atoms with Crippen molar-refractivity contribution >= 4 is 5.91 Å². The molecule has 0 N–H and O–H groups in total. The molecule has 1 fully saturated rings. The topological polar surface area (TPSA) is 66.8 Å². The van der Waals surface area contributed by atoms with E-state index in [9.17, 15) is 4.79 Å². The molecule has 0 aromatic carbocycles. The minimum Gasteiger partial charge on any atom is -0.345 e. The Morgan fingerprint density at radius 2 is 2.13 bits per heavy atom. The summed E-state index contributed by atoms with van der Waals surface area (Å²) >= 11 is 0. The van der Waals surface area contributed by atoms with Gasteiger partial charge in [0.25, 0.3) is 5.91 Å². The maximum absolute atomic E-state index is 13.0. The molecule has 3 rings (SSSR count). The van der Waals surface area contributed by atoms with E-state index in [0.717, 1.165) is 29.8 Å². The maximum atomic E-state index is 13.0. The van der Waals surface area contributed by atoms with Gasteiger partial charge < -0.3 is 9.47 Å². The van der Waals surface area contributed by atoms with Gasteiger partial charge in [-0.05, 0) is 32.8 Å². The van der Waals surface area contributed by atoms with Gasteiger partial charge in [0.1, 0.15) is 11.8 Å². The summed E-state index contributed by atoms with van der Waals surface area (Å²) in [5, 5.41) is 13.5. The van der Waals surface area contributed by atoms with Crippen molar-refractivity contribution in [1.82, 2.24) is 19.2 Å². The largest absolute Gasteiger partial charge is 0.345 e. The number of hydrogen-bond acceptors (Lipinski definition) is 3. The quantitative estimate of drug-likeness (QED) is 0.868. The van der Waals surface area contributed by atoms with Gasteiger partial charge in [0.05, 0.1) is 11.3 Å². The average molecular weight is 311 g/mol. The third kappa shape index (κ3) is 2.74. The molecule has 2 aromatic rings. The van der Waals surface area contributed by atoms with E-state index < -0.39 is 0 Å². The second kappa shape index (κ2) is 5.58. The molecule has 2 heterocycles. The predicted molar refractivity (Wildman–Crippen MR) is 85.7 cm³/mol. The zero-order chi connectivity index (χ0) is 16.7. The lowest BCUT2D eigenvalue weighted by Gasteiger charge is -2.23. The van der Waals surface area contributed by atoms with Crippen LogP contribution in [0, 0.1) is 25.2 Å². The maximum Gasteiger partial charge on any atom is 0.271 e. The number of rotatable bonds is 4. The molecule has 1 saturated carbocycles. The summed E-state index contributed by atoms with van der Waals surface area (Å²) in [6.07, 6.45) is 3.78. The lowest BCUT2D eigenvalue weighted by atomic mass is 10.1. The van der Waals surface area contributed by atoms with Crippen molar-refractivity contribution in [3.05, 3.63) is 40.5 Å². The van der Waals surface area contributed by atoms with E-state index in [4.69, 9.17) is 5.26 Å². The van der Waals surface area contributed by atoms with Gasteiger partial charge in [0.2, 0.25) is 0 Å². The highest BCUT2D eigenvalue weighted by molar-refractivity contribution is 5.93.